The van der Waals surface area contributed by atoms with E-state index >= 15 is 0 Å². The van der Waals surface area contributed by atoms with E-state index in [2.05, 4.69) is 5.32 Å². The van der Waals surface area contributed by atoms with Crippen molar-refractivity contribution in [1.29, 1.82) is 0 Å². The number of likely N-dealkylation sites (tertiary alicyclic amines) is 1. The minimum Gasteiger partial charge on any atom is -0.464 e. The molecule has 0 bridgehead atoms. The maximum atomic E-state index is 12.6. The Morgan fingerprint density at radius 2 is 2.08 bits per heavy atom. The van der Waals surface area contributed by atoms with Crippen molar-refractivity contribution in [3.8, 4) is 0 Å². The van der Waals surface area contributed by atoms with Crippen molar-refractivity contribution in [3.63, 3.8) is 0 Å². The van der Waals surface area contributed by atoms with Gasteiger partial charge in [-0.05, 0) is 51.8 Å². The summed E-state index contributed by atoms with van der Waals surface area (Å²) >= 11 is 0. The Hall–Kier alpha value is -2.50. The standard InChI is InChI=1S/C19H24N2O4/c1-19(2,3)25-18(23)21-10-5-6-13(12-21)20-17(22)15-7-4-8-16-14(15)9-11-24-16/h4,7-9,11,13H,5-6,10,12H2,1-3H3,(H,20,22). The number of furan rings is 1. The number of rotatable bonds is 2. The van der Waals surface area contributed by atoms with E-state index in [9.17, 15) is 9.59 Å². The molecule has 1 aliphatic heterocycles. The van der Waals surface area contributed by atoms with Gasteiger partial charge in [-0.2, -0.15) is 0 Å². The van der Waals surface area contributed by atoms with Crippen LogP contribution in [0.5, 0.6) is 0 Å². The lowest BCUT2D eigenvalue weighted by atomic mass is 10.0. The van der Waals surface area contributed by atoms with Crippen LogP contribution in [0.3, 0.4) is 0 Å². The second-order valence-corrected chi connectivity index (χ2v) is 7.38. The number of piperidine rings is 1. The van der Waals surface area contributed by atoms with Gasteiger partial charge in [-0.25, -0.2) is 4.79 Å². The van der Waals surface area contributed by atoms with Crippen molar-refractivity contribution < 1.29 is 18.7 Å². The molecule has 1 aromatic heterocycles. The molecule has 0 aliphatic carbocycles. The highest BCUT2D eigenvalue weighted by molar-refractivity contribution is 6.06. The van der Waals surface area contributed by atoms with Gasteiger partial charge in [-0.3, -0.25) is 4.79 Å². The number of carbonyl (C=O) groups excluding carboxylic acids is 2. The molecular formula is C19H24N2O4. The molecule has 1 saturated heterocycles. The van der Waals surface area contributed by atoms with E-state index in [1.165, 1.54) is 0 Å². The minimum absolute atomic E-state index is 0.0871. The van der Waals surface area contributed by atoms with Gasteiger partial charge in [0.2, 0.25) is 0 Å². The molecule has 1 N–H and O–H groups in total. The van der Waals surface area contributed by atoms with Crippen molar-refractivity contribution in [1.82, 2.24) is 10.2 Å². The Morgan fingerprint density at radius 3 is 2.84 bits per heavy atom. The normalized spacial score (nSPS) is 18.2. The Bertz CT molecular complexity index is 775. The van der Waals surface area contributed by atoms with Crippen LogP contribution in [0.15, 0.2) is 34.9 Å². The van der Waals surface area contributed by atoms with Crippen LogP contribution in [0, 0.1) is 0 Å². The monoisotopic (exact) mass is 344 g/mol. The highest BCUT2D eigenvalue weighted by atomic mass is 16.6. The number of ether oxygens (including phenoxy) is 1. The van der Waals surface area contributed by atoms with Gasteiger partial charge in [0.25, 0.3) is 5.91 Å². The van der Waals surface area contributed by atoms with E-state index in [1.54, 1.807) is 29.4 Å². The van der Waals surface area contributed by atoms with Gasteiger partial charge >= 0.3 is 6.09 Å². The average molecular weight is 344 g/mol. The second kappa shape index (κ2) is 6.78. The lowest BCUT2D eigenvalue weighted by Gasteiger charge is -2.34. The maximum absolute atomic E-state index is 12.6. The van der Waals surface area contributed by atoms with Crippen molar-refractivity contribution in [2.24, 2.45) is 0 Å². The van der Waals surface area contributed by atoms with E-state index < -0.39 is 5.60 Å². The van der Waals surface area contributed by atoms with Gasteiger partial charge in [-0.1, -0.05) is 6.07 Å². The van der Waals surface area contributed by atoms with Gasteiger partial charge in [-0.15, -0.1) is 0 Å². The molecule has 0 radical (unpaired) electrons. The molecular weight excluding hydrogens is 320 g/mol. The largest absolute Gasteiger partial charge is 0.464 e. The van der Waals surface area contributed by atoms with E-state index in [1.807, 2.05) is 26.8 Å². The Kier molecular flexibility index (Phi) is 4.70. The number of hydrogen-bond acceptors (Lipinski definition) is 4. The first-order valence-electron chi connectivity index (χ1n) is 8.58. The molecule has 0 spiro atoms. The van der Waals surface area contributed by atoms with Crippen molar-refractivity contribution >= 4 is 23.0 Å². The first-order chi connectivity index (χ1) is 11.8. The number of benzene rings is 1. The van der Waals surface area contributed by atoms with Crippen molar-refractivity contribution in [2.45, 2.75) is 45.3 Å². The zero-order valence-electron chi connectivity index (χ0n) is 14.9. The summed E-state index contributed by atoms with van der Waals surface area (Å²) in [6.45, 7) is 6.65. The van der Waals surface area contributed by atoms with Crippen LogP contribution in [0.1, 0.15) is 44.0 Å². The first kappa shape index (κ1) is 17.3. The molecule has 6 heteroatoms. The van der Waals surface area contributed by atoms with Crippen molar-refractivity contribution in [3.05, 3.63) is 36.1 Å². The molecule has 2 heterocycles. The number of carbonyl (C=O) groups is 2. The average Bonchev–Trinajstić information content (AvgIpc) is 3.02. The molecule has 1 atom stereocenters. The molecule has 25 heavy (non-hydrogen) atoms. The van der Waals surface area contributed by atoms with Crippen LogP contribution < -0.4 is 5.32 Å². The third-order valence-electron chi connectivity index (χ3n) is 4.15. The third kappa shape index (κ3) is 4.13. The van der Waals surface area contributed by atoms with Crippen LogP contribution in [0.4, 0.5) is 4.79 Å². The summed E-state index contributed by atoms with van der Waals surface area (Å²) in [5.74, 6) is -0.150. The van der Waals surface area contributed by atoms with Gasteiger partial charge in [0.1, 0.15) is 11.2 Å². The summed E-state index contributed by atoms with van der Waals surface area (Å²) in [6, 6.07) is 7.11. The molecule has 134 valence electrons. The lowest BCUT2D eigenvalue weighted by molar-refractivity contribution is 0.0185. The van der Waals surface area contributed by atoms with Crippen molar-refractivity contribution in [2.75, 3.05) is 13.1 Å². The summed E-state index contributed by atoms with van der Waals surface area (Å²) in [4.78, 5) is 26.5. The van der Waals surface area contributed by atoms with Gasteiger partial charge < -0.3 is 19.4 Å². The fourth-order valence-electron chi connectivity index (χ4n) is 3.04. The third-order valence-corrected chi connectivity index (χ3v) is 4.15. The van der Waals surface area contributed by atoms with Crippen LogP contribution in [0.2, 0.25) is 0 Å². The van der Waals surface area contributed by atoms with Crippen LogP contribution in [0.25, 0.3) is 11.0 Å². The molecule has 6 nitrogen and oxygen atoms in total. The molecule has 1 unspecified atom stereocenters. The first-order valence-corrected chi connectivity index (χ1v) is 8.58. The molecule has 3 rings (SSSR count). The zero-order valence-corrected chi connectivity index (χ0v) is 14.9. The fourth-order valence-corrected chi connectivity index (χ4v) is 3.04. The molecule has 1 aliphatic rings. The number of nitrogens with zero attached hydrogens (tertiary/aromatic N) is 1. The quantitative estimate of drug-likeness (QED) is 0.904. The number of amides is 2. The highest BCUT2D eigenvalue weighted by Crippen LogP contribution is 2.21. The van der Waals surface area contributed by atoms with Gasteiger partial charge in [0, 0.05) is 24.5 Å². The number of hydrogen-bond donors (Lipinski definition) is 1. The summed E-state index contributed by atoms with van der Waals surface area (Å²) in [5, 5.41) is 3.83. The SMILES string of the molecule is CC(C)(C)OC(=O)N1CCCC(NC(=O)c2cccc3occc23)C1. The zero-order chi connectivity index (χ0) is 18.0. The highest BCUT2D eigenvalue weighted by Gasteiger charge is 2.28. The Labute approximate surface area is 147 Å². The maximum Gasteiger partial charge on any atom is 0.410 e. The van der Waals surface area contributed by atoms with Crippen LogP contribution in [-0.2, 0) is 4.74 Å². The molecule has 2 amide bonds. The lowest BCUT2D eigenvalue weighted by Crippen LogP contribution is -2.50. The van der Waals surface area contributed by atoms with E-state index in [0.29, 0.717) is 24.2 Å². The van der Waals surface area contributed by atoms with Gasteiger partial charge in [0.05, 0.1) is 11.8 Å². The summed E-state index contributed by atoms with van der Waals surface area (Å²) in [5.41, 5.74) is 0.747. The summed E-state index contributed by atoms with van der Waals surface area (Å²) < 4.78 is 10.8. The van der Waals surface area contributed by atoms with E-state index in [0.717, 1.165) is 18.2 Å². The fraction of sp³-hybridized carbons (Fsp3) is 0.474. The smallest absolute Gasteiger partial charge is 0.410 e. The minimum atomic E-state index is -0.524. The van der Waals surface area contributed by atoms with Crippen LogP contribution >= 0.6 is 0 Å². The van der Waals surface area contributed by atoms with Crippen LogP contribution in [-0.4, -0.2) is 41.6 Å². The van der Waals surface area contributed by atoms with Gasteiger partial charge in [0.15, 0.2) is 0 Å². The topological polar surface area (TPSA) is 71.8 Å². The molecule has 1 aromatic carbocycles. The number of nitrogens with one attached hydrogen (secondary N) is 1. The number of fused-ring (bicyclic) bond motifs is 1. The summed E-state index contributed by atoms with van der Waals surface area (Å²) in [6.07, 6.45) is 2.92. The van der Waals surface area contributed by atoms with E-state index in [-0.39, 0.29) is 18.0 Å². The van der Waals surface area contributed by atoms with E-state index in [4.69, 9.17) is 9.15 Å². The predicted molar refractivity (Wildman–Crippen MR) is 94.5 cm³/mol. The molecule has 1 fully saturated rings. The Balaban J connectivity index is 1.65. The molecule has 2 aromatic rings. The second-order valence-electron chi connectivity index (χ2n) is 7.38. The summed E-state index contributed by atoms with van der Waals surface area (Å²) in [7, 11) is 0. The predicted octanol–water partition coefficient (Wildman–Crippen LogP) is 3.56. The Morgan fingerprint density at radius 1 is 1.28 bits per heavy atom. The molecule has 0 saturated carbocycles.